The Kier molecular flexibility index (Phi) is 5.30. The van der Waals surface area contributed by atoms with E-state index in [2.05, 4.69) is 20.3 Å². The summed E-state index contributed by atoms with van der Waals surface area (Å²) in [6.45, 7) is 1.94. The monoisotopic (exact) mass is 413 g/mol. The molecule has 0 aliphatic heterocycles. The third-order valence-corrected chi connectivity index (χ3v) is 5.04. The molecular weight excluding hydrogens is 396 g/mol. The van der Waals surface area contributed by atoms with Gasteiger partial charge in [0.15, 0.2) is 5.82 Å². The topological polar surface area (TPSA) is 68.1 Å². The van der Waals surface area contributed by atoms with E-state index < -0.39 is 5.76 Å². The summed E-state index contributed by atoms with van der Waals surface area (Å²) < 4.78 is 32.5. The van der Waals surface area contributed by atoms with Crippen LogP contribution in [0, 0.1) is 6.92 Å². The SMILES string of the molecule is COc1ccc(-c2nnc(SC(F)F)n2/N=C/c2c(C)[nH]c3ccccc23)cc1. The zero-order valence-corrected chi connectivity index (χ0v) is 16.5. The summed E-state index contributed by atoms with van der Waals surface area (Å²) in [5, 5.41) is 13.4. The molecule has 0 spiro atoms. The van der Waals surface area contributed by atoms with Crippen LogP contribution in [0.5, 0.6) is 5.75 Å². The fourth-order valence-electron chi connectivity index (χ4n) is 3.02. The minimum Gasteiger partial charge on any atom is -0.497 e. The molecule has 4 rings (SSSR count). The minimum atomic E-state index is -2.63. The highest BCUT2D eigenvalue weighted by Crippen LogP contribution is 2.29. The number of aryl methyl sites for hydroxylation is 1. The second-order valence-electron chi connectivity index (χ2n) is 6.18. The number of alkyl halides is 2. The second kappa shape index (κ2) is 8.04. The first-order valence-corrected chi connectivity index (χ1v) is 9.61. The van der Waals surface area contributed by atoms with Gasteiger partial charge in [0.05, 0.1) is 13.3 Å². The first-order valence-electron chi connectivity index (χ1n) is 8.73. The van der Waals surface area contributed by atoms with E-state index in [4.69, 9.17) is 4.74 Å². The molecule has 0 aliphatic rings. The molecule has 0 saturated heterocycles. The number of methoxy groups -OCH3 is 1. The van der Waals surface area contributed by atoms with Crippen molar-refractivity contribution in [3.05, 3.63) is 59.8 Å². The minimum absolute atomic E-state index is 0.0135. The first kappa shape index (κ1) is 19.1. The van der Waals surface area contributed by atoms with E-state index in [1.807, 2.05) is 31.2 Å². The van der Waals surface area contributed by atoms with Crippen molar-refractivity contribution in [2.24, 2.45) is 5.10 Å². The predicted octanol–water partition coefficient (Wildman–Crippen LogP) is 4.94. The molecule has 2 aromatic carbocycles. The van der Waals surface area contributed by atoms with Gasteiger partial charge in [-0.1, -0.05) is 18.2 Å². The lowest BCUT2D eigenvalue weighted by Crippen LogP contribution is -1.98. The fraction of sp³-hybridized carbons (Fsp3) is 0.150. The maximum Gasteiger partial charge on any atom is 0.291 e. The van der Waals surface area contributed by atoms with Gasteiger partial charge in [0, 0.05) is 27.7 Å². The van der Waals surface area contributed by atoms with Crippen LogP contribution in [-0.2, 0) is 0 Å². The predicted molar refractivity (Wildman–Crippen MR) is 110 cm³/mol. The van der Waals surface area contributed by atoms with Gasteiger partial charge in [-0.2, -0.15) is 18.6 Å². The number of rotatable bonds is 6. The Morgan fingerprint density at radius 3 is 2.62 bits per heavy atom. The average Bonchev–Trinajstić information content (AvgIpc) is 3.25. The number of hydrogen-bond acceptors (Lipinski definition) is 5. The lowest BCUT2D eigenvalue weighted by molar-refractivity contribution is 0.251. The molecule has 4 aromatic rings. The van der Waals surface area contributed by atoms with Crippen molar-refractivity contribution in [3.63, 3.8) is 0 Å². The van der Waals surface area contributed by atoms with Gasteiger partial charge in [0.25, 0.3) is 5.76 Å². The van der Waals surface area contributed by atoms with Crippen molar-refractivity contribution in [1.29, 1.82) is 0 Å². The zero-order chi connectivity index (χ0) is 20.4. The zero-order valence-electron chi connectivity index (χ0n) is 15.6. The van der Waals surface area contributed by atoms with E-state index in [0.717, 1.165) is 22.2 Å². The Morgan fingerprint density at radius 1 is 1.14 bits per heavy atom. The quantitative estimate of drug-likeness (QED) is 0.359. The highest BCUT2D eigenvalue weighted by atomic mass is 32.2. The van der Waals surface area contributed by atoms with Gasteiger partial charge in [-0.3, -0.25) is 0 Å². The second-order valence-corrected chi connectivity index (χ2v) is 7.14. The maximum absolute atomic E-state index is 13.0. The van der Waals surface area contributed by atoms with Gasteiger partial charge >= 0.3 is 0 Å². The number of aromatic amines is 1. The molecule has 9 heteroatoms. The Bertz CT molecular complexity index is 1170. The third-order valence-electron chi connectivity index (χ3n) is 4.40. The van der Waals surface area contributed by atoms with Gasteiger partial charge in [-0.25, -0.2) is 0 Å². The van der Waals surface area contributed by atoms with E-state index in [-0.39, 0.29) is 5.16 Å². The molecule has 29 heavy (non-hydrogen) atoms. The van der Waals surface area contributed by atoms with Gasteiger partial charge < -0.3 is 9.72 Å². The Balaban J connectivity index is 1.79. The largest absolute Gasteiger partial charge is 0.497 e. The summed E-state index contributed by atoms with van der Waals surface area (Å²) in [6.07, 6.45) is 1.64. The van der Waals surface area contributed by atoms with E-state index in [0.29, 0.717) is 28.9 Å². The number of ether oxygens (including phenoxy) is 1. The van der Waals surface area contributed by atoms with Crippen LogP contribution in [0.3, 0.4) is 0 Å². The Morgan fingerprint density at radius 2 is 1.90 bits per heavy atom. The molecule has 1 N–H and O–H groups in total. The van der Waals surface area contributed by atoms with Crippen LogP contribution in [0.2, 0.25) is 0 Å². The number of fused-ring (bicyclic) bond motifs is 1. The van der Waals surface area contributed by atoms with Crippen molar-refractivity contribution in [1.82, 2.24) is 19.9 Å². The summed E-state index contributed by atoms with van der Waals surface area (Å²) in [5.41, 5.74) is 3.47. The van der Waals surface area contributed by atoms with Crippen molar-refractivity contribution in [2.75, 3.05) is 7.11 Å². The number of halogens is 2. The number of nitrogens with one attached hydrogen (secondary N) is 1. The summed E-state index contributed by atoms with van der Waals surface area (Å²) in [7, 11) is 1.57. The summed E-state index contributed by atoms with van der Waals surface area (Å²) >= 11 is 0.303. The normalized spacial score (nSPS) is 11.8. The molecule has 0 aliphatic carbocycles. The Hall–Kier alpha value is -3.20. The number of hydrogen-bond donors (Lipinski definition) is 1. The molecule has 0 fully saturated rings. The molecule has 6 nitrogen and oxygen atoms in total. The van der Waals surface area contributed by atoms with Crippen LogP contribution in [0.4, 0.5) is 8.78 Å². The molecule has 2 heterocycles. The average molecular weight is 413 g/mol. The van der Waals surface area contributed by atoms with Gasteiger partial charge in [-0.15, -0.1) is 10.2 Å². The van der Waals surface area contributed by atoms with Crippen LogP contribution < -0.4 is 4.74 Å². The van der Waals surface area contributed by atoms with E-state index >= 15 is 0 Å². The van der Waals surface area contributed by atoms with Crippen LogP contribution in [0.15, 0.2) is 58.8 Å². The number of para-hydroxylation sites is 1. The van der Waals surface area contributed by atoms with Crippen LogP contribution in [0.25, 0.3) is 22.3 Å². The highest BCUT2D eigenvalue weighted by molar-refractivity contribution is 7.99. The molecule has 0 radical (unpaired) electrons. The van der Waals surface area contributed by atoms with Crippen molar-refractivity contribution in [2.45, 2.75) is 17.8 Å². The third kappa shape index (κ3) is 3.86. The first-order chi connectivity index (χ1) is 14.1. The van der Waals surface area contributed by atoms with Gasteiger partial charge in [-0.05, 0) is 49.0 Å². The Labute approximate surface area is 169 Å². The number of benzene rings is 2. The molecule has 0 bridgehead atoms. The summed E-state index contributed by atoms with van der Waals surface area (Å²) in [4.78, 5) is 3.29. The molecule has 0 saturated carbocycles. The van der Waals surface area contributed by atoms with Crippen molar-refractivity contribution < 1.29 is 13.5 Å². The summed E-state index contributed by atoms with van der Waals surface area (Å²) in [6, 6.07) is 14.9. The standard InChI is InChI=1S/C20H17F2N5OS/c1-12-16(15-5-3-4-6-17(15)24-12)11-23-27-18(25-26-20(27)29-19(21)22)13-7-9-14(28-2)10-8-13/h3-11,19,24H,1-2H3/b23-11+. The fourth-order valence-corrected chi connectivity index (χ4v) is 3.50. The molecule has 0 amide bonds. The van der Waals surface area contributed by atoms with Crippen molar-refractivity contribution in [3.8, 4) is 17.1 Å². The number of H-pyrrole nitrogens is 1. The smallest absolute Gasteiger partial charge is 0.291 e. The molecule has 0 atom stereocenters. The van der Waals surface area contributed by atoms with Gasteiger partial charge in [0.1, 0.15) is 5.75 Å². The molecule has 148 valence electrons. The van der Waals surface area contributed by atoms with Crippen LogP contribution in [0.1, 0.15) is 11.3 Å². The van der Waals surface area contributed by atoms with E-state index in [1.165, 1.54) is 4.68 Å². The van der Waals surface area contributed by atoms with Crippen LogP contribution in [-0.4, -0.2) is 38.9 Å². The highest BCUT2D eigenvalue weighted by Gasteiger charge is 2.18. The molecule has 0 unspecified atom stereocenters. The molecular formula is C20H17F2N5OS. The maximum atomic E-state index is 13.0. The van der Waals surface area contributed by atoms with Crippen LogP contribution >= 0.6 is 11.8 Å². The van der Waals surface area contributed by atoms with Gasteiger partial charge in [0.2, 0.25) is 5.16 Å². The van der Waals surface area contributed by atoms with Crippen molar-refractivity contribution >= 4 is 28.9 Å². The number of thioether (sulfide) groups is 1. The lowest BCUT2D eigenvalue weighted by Gasteiger charge is -2.05. The van der Waals surface area contributed by atoms with E-state index in [9.17, 15) is 8.78 Å². The number of aromatic nitrogens is 4. The number of nitrogens with zero attached hydrogens (tertiary/aromatic N) is 4. The molecule has 2 aromatic heterocycles. The van der Waals surface area contributed by atoms with E-state index in [1.54, 1.807) is 37.6 Å². The summed E-state index contributed by atoms with van der Waals surface area (Å²) in [5.74, 6) is -1.59. The lowest BCUT2D eigenvalue weighted by atomic mass is 10.1.